The van der Waals surface area contributed by atoms with Crippen LogP contribution in [0.5, 0.6) is 5.75 Å². The molecule has 0 atom stereocenters. The maximum Gasteiger partial charge on any atom is 0.325 e. The first-order valence-electron chi connectivity index (χ1n) is 8.53. The zero-order valence-corrected chi connectivity index (χ0v) is 15.1. The number of hydrogen-bond acceptors (Lipinski definition) is 5. The van der Waals surface area contributed by atoms with E-state index in [0.29, 0.717) is 23.7 Å². The molecule has 8 heteroatoms. The van der Waals surface area contributed by atoms with Crippen LogP contribution in [0.1, 0.15) is 18.4 Å². The minimum Gasteiger partial charge on any atom is -0.486 e. The summed E-state index contributed by atoms with van der Waals surface area (Å²) < 4.78 is 8.45. The molecule has 0 radical (unpaired) electrons. The van der Waals surface area contributed by atoms with Crippen molar-refractivity contribution in [1.82, 2.24) is 19.3 Å². The van der Waals surface area contributed by atoms with Gasteiger partial charge in [0.1, 0.15) is 18.9 Å². The van der Waals surface area contributed by atoms with Gasteiger partial charge in [-0.2, -0.15) is 5.10 Å². The third-order valence-corrected chi connectivity index (χ3v) is 4.06. The Labute approximate surface area is 155 Å². The lowest BCUT2D eigenvalue weighted by atomic mass is 10.2. The van der Waals surface area contributed by atoms with Gasteiger partial charge >= 0.3 is 5.97 Å². The molecule has 0 aliphatic heterocycles. The van der Waals surface area contributed by atoms with E-state index >= 15 is 0 Å². The molecular weight excluding hydrogens is 348 g/mol. The molecule has 3 rings (SSSR count). The van der Waals surface area contributed by atoms with Crippen molar-refractivity contribution in [3.8, 4) is 17.1 Å². The van der Waals surface area contributed by atoms with E-state index in [9.17, 15) is 9.59 Å². The number of carbonyl (C=O) groups is 1. The van der Waals surface area contributed by atoms with E-state index in [1.807, 2.05) is 32.0 Å². The molecule has 1 aromatic carbocycles. The Kier molecular flexibility index (Phi) is 5.35. The molecule has 2 heterocycles. The molecule has 0 aliphatic rings. The van der Waals surface area contributed by atoms with Gasteiger partial charge in [0.2, 0.25) is 0 Å². The predicted octanol–water partition coefficient (Wildman–Crippen LogP) is 2.10. The number of carboxylic acid groups (broad SMARTS) is 1. The number of nitrogens with zero attached hydrogens (tertiary/aromatic N) is 4. The molecule has 0 saturated heterocycles. The number of aryl methyl sites for hydroxylation is 1. The van der Waals surface area contributed by atoms with Crippen LogP contribution in [0.3, 0.4) is 0 Å². The standard InChI is InChI=1S/C19H20N4O4/c1-3-22-13(2)9-10-15(19(22)26)18-20-16(21-23(18)11-17(24)25)12-27-14-7-5-4-6-8-14/h4-10H,3,11-12H2,1-2H3,(H,24,25). The summed E-state index contributed by atoms with van der Waals surface area (Å²) >= 11 is 0. The highest BCUT2D eigenvalue weighted by molar-refractivity contribution is 5.67. The normalized spacial score (nSPS) is 10.7. The quantitative estimate of drug-likeness (QED) is 0.686. The van der Waals surface area contributed by atoms with Crippen LogP contribution >= 0.6 is 0 Å². The first-order chi connectivity index (χ1) is 13.0. The summed E-state index contributed by atoms with van der Waals surface area (Å²) in [6.07, 6.45) is 0. The number of aliphatic carboxylic acids is 1. The Balaban J connectivity index is 1.98. The Morgan fingerprint density at radius 2 is 1.93 bits per heavy atom. The minimum absolute atomic E-state index is 0.0669. The summed E-state index contributed by atoms with van der Waals surface area (Å²) in [7, 11) is 0. The molecular formula is C19H20N4O4. The van der Waals surface area contributed by atoms with Crippen molar-refractivity contribution in [2.45, 2.75) is 33.5 Å². The molecule has 2 aromatic heterocycles. The molecule has 0 unspecified atom stereocenters. The van der Waals surface area contributed by atoms with Gasteiger partial charge in [0, 0.05) is 12.2 Å². The van der Waals surface area contributed by atoms with Gasteiger partial charge in [-0.25, -0.2) is 9.67 Å². The number of ether oxygens (including phenoxy) is 1. The molecule has 0 fully saturated rings. The number of aromatic nitrogens is 4. The highest BCUT2D eigenvalue weighted by Crippen LogP contribution is 2.16. The van der Waals surface area contributed by atoms with Crippen LogP contribution in [0.15, 0.2) is 47.3 Å². The zero-order chi connectivity index (χ0) is 19.4. The summed E-state index contributed by atoms with van der Waals surface area (Å²) in [5.41, 5.74) is 0.900. The second-order valence-electron chi connectivity index (χ2n) is 5.94. The molecule has 3 aromatic rings. The van der Waals surface area contributed by atoms with Gasteiger partial charge in [-0.3, -0.25) is 9.59 Å². The van der Waals surface area contributed by atoms with Crippen LogP contribution in [0.2, 0.25) is 0 Å². The van der Waals surface area contributed by atoms with E-state index in [1.165, 1.54) is 4.68 Å². The highest BCUT2D eigenvalue weighted by atomic mass is 16.5. The monoisotopic (exact) mass is 368 g/mol. The number of rotatable bonds is 7. The zero-order valence-electron chi connectivity index (χ0n) is 15.1. The Morgan fingerprint density at radius 1 is 1.19 bits per heavy atom. The lowest BCUT2D eigenvalue weighted by molar-refractivity contribution is -0.137. The maximum absolute atomic E-state index is 12.8. The number of benzene rings is 1. The molecule has 0 spiro atoms. The first kappa shape index (κ1) is 18.4. The van der Waals surface area contributed by atoms with Crippen LogP contribution in [-0.4, -0.2) is 30.4 Å². The fraction of sp³-hybridized carbons (Fsp3) is 0.263. The smallest absolute Gasteiger partial charge is 0.325 e. The fourth-order valence-electron chi connectivity index (χ4n) is 2.79. The third-order valence-electron chi connectivity index (χ3n) is 4.06. The van der Waals surface area contributed by atoms with Crippen LogP contribution in [0.25, 0.3) is 11.4 Å². The SMILES string of the molecule is CCn1c(C)ccc(-c2nc(COc3ccccc3)nn2CC(=O)O)c1=O. The summed E-state index contributed by atoms with van der Waals surface area (Å²) in [4.78, 5) is 28.3. The van der Waals surface area contributed by atoms with Crippen molar-refractivity contribution in [2.75, 3.05) is 0 Å². The fourth-order valence-corrected chi connectivity index (χ4v) is 2.79. The summed E-state index contributed by atoms with van der Waals surface area (Å²) in [6, 6.07) is 12.6. The topological polar surface area (TPSA) is 99.2 Å². The van der Waals surface area contributed by atoms with Crippen LogP contribution in [0, 0.1) is 6.92 Å². The molecule has 0 saturated carbocycles. The average molecular weight is 368 g/mol. The molecule has 140 valence electrons. The number of pyridine rings is 1. The molecule has 0 bridgehead atoms. The predicted molar refractivity (Wildman–Crippen MR) is 98.5 cm³/mol. The van der Waals surface area contributed by atoms with Crippen molar-refractivity contribution in [3.63, 3.8) is 0 Å². The number of para-hydroxylation sites is 1. The van der Waals surface area contributed by atoms with Crippen LogP contribution in [-0.2, 0) is 24.5 Å². The highest BCUT2D eigenvalue weighted by Gasteiger charge is 2.18. The van der Waals surface area contributed by atoms with Gasteiger partial charge in [0.25, 0.3) is 5.56 Å². The summed E-state index contributed by atoms with van der Waals surface area (Å²) in [6.45, 7) is 3.90. The van der Waals surface area contributed by atoms with Crippen molar-refractivity contribution in [1.29, 1.82) is 0 Å². The first-order valence-corrected chi connectivity index (χ1v) is 8.53. The second-order valence-corrected chi connectivity index (χ2v) is 5.94. The van der Waals surface area contributed by atoms with Gasteiger partial charge in [0.15, 0.2) is 11.6 Å². The van der Waals surface area contributed by atoms with E-state index in [2.05, 4.69) is 10.1 Å². The van der Waals surface area contributed by atoms with E-state index in [-0.39, 0.29) is 18.0 Å². The third kappa shape index (κ3) is 4.05. The number of carboxylic acids is 1. The van der Waals surface area contributed by atoms with Gasteiger partial charge < -0.3 is 14.4 Å². The maximum atomic E-state index is 12.8. The van der Waals surface area contributed by atoms with Gasteiger partial charge in [0.05, 0.1) is 5.56 Å². The van der Waals surface area contributed by atoms with Gasteiger partial charge in [-0.05, 0) is 38.1 Å². The summed E-state index contributed by atoms with van der Waals surface area (Å²) in [5, 5.41) is 13.4. The Morgan fingerprint density at radius 3 is 2.59 bits per heavy atom. The largest absolute Gasteiger partial charge is 0.486 e. The van der Waals surface area contributed by atoms with Crippen LogP contribution in [0.4, 0.5) is 0 Å². The van der Waals surface area contributed by atoms with Crippen molar-refractivity contribution in [2.24, 2.45) is 0 Å². The van der Waals surface area contributed by atoms with E-state index in [0.717, 1.165) is 5.69 Å². The van der Waals surface area contributed by atoms with Crippen molar-refractivity contribution in [3.05, 3.63) is 64.3 Å². The molecule has 0 aliphatic carbocycles. The Hall–Kier alpha value is -3.42. The van der Waals surface area contributed by atoms with Crippen molar-refractivity contribution >= 4 is 5.97 Å². The Bertz CT molecular complexity index is 1010. The van der Waals surface area contributed by atoms with E-state index in [1.54, 1.807) is 28.8 Å². The van der Waals surface area contributed by atoms with E-state index in [4.69, 9.17) is 9.84 Å². The van der Waals surface area contributed by atoms with E-state index < -0.39 is 12.5 Å². The molecule has 0 amide bonds. The number of hydrogen-bond donors (Lipinski definition) is 1. The lowest BCUT2D eigenvalue weighted by Gasteiger charge is -2.09. The minimum atomic E-state index is -1.07. The van der Waals surface area contributed by atoms with Crippen molar-refractivity contribution < 1.29 is 14.6 Å². The van der Waals surface area contributed by atoms with Gasteiger partial charge in [-0.1, -0.05) is 18.2 Å². The lowest BCUT2D eigenvalue weighted by Crippen LogP contribution is -2.24. The molecule has 1 N–H and O–H groups in total. The molecule has 27 heavy (non-hydrogen) atoms. The van der Waals surface area contributed by atoms with Crippen LogP contribution < -0.4 is 10.3 Å². The summed E-state index contributed by atoms with van der Waals surface area (Å²) in [5.74, 6) is 0.103. The second kappa shape index (κ2) is 7.86. The molecule has 8 nitrogen and oxygen atoms in total. The average Bonchev–Trinajstić information content (AvgIpc) is 3.03. The van der Waals surface area contributed by atoms with Gasteiger partial charge in [-0.15, -0.1) is 0 Å².